The van der Waals surface area contributed by atoms with Crippen LogP contribution >= 0.6 is 0 Å². The van der Waals surface area contributed by atoms with Crippen LogP contribution in [0.5, 0.6) is 0 Å². The molecule has 1 aromatic carbocycles. The van der Waals surface area contributed by atoms with Crippen LogP contribution < -0.4 is 0 Å². The lowest BCUT2D eigenvalue weighted by Crippen LogP contribution is -2.28. The molecular weight excluding hydrogens is 411 g/mol. The Kier molecular flexibility index (Phi) is 9.46. The zero-order chi connectivity index (χ0) is 24.6. The van der Waals surface area contributed by atoms with Crippen molar-refractivity contribution in [2.45, 2.75) is 91.9 Å². The molecule has 0 radical (unpaired) electrons. The number of ketones is 1. The van der Waals surface area contributed by atoms with Gasteiger partial charge in [0, 0.05) is 11.0 Å². The molecule has 2 nitrogen and oxygen atoms in total. The third-order valence-corrected chi connectivity index (χ3v) is 6.27. The molecular formula is C30H41FO2. The maximum absolute atomic E-state index is 13.3. The summed E-state index contributed by atoms with van der Waals surface area (Å²) in [5.74, 6) is 0.632. The van der Waals surface area contributed by atoms with Crippen molar-refractivity contribution in [2.75, 3.05) is 0 Å². The SMILES string of the molecule is C=CC(=O)c1cc2c(o1)C(C(C)(C)C)=CC(C)(c1ccc(F)cc1)C2.CCCCCCCC. The van der Waals surface area contributed by atoms with Crippen molar-refractivity contribution in [2.24, 2.45) is 5.41 Å². The van der Waals surface area contributed by atoms with Gasteiger partial charge in [0.1, 0.15) is 11.6 Å². The summed E-state index contributed by atoms with van der Waals surface area (Å²) in [6.45, 7) is 16.5. The van der Waals surface area contributed by atoms with Gasteiger partial charge < -0.3 is 4.42 Å². The second-order valence-corrected chi connectivity index (χ2v) is 10.4. The Bertz CT molecular complexity index is 950. The molecule has 1 heterocycles. The van der Waals surface area contributed by atoms with Crippen molar-refractivity contribution in [1.82, 2.24) is 0 Å². The van der Waals surface area contributed by atoms with E-state index in [1.165, 1.54) is 56.7 Å². The Balaban J connectivity index is 0.000000414. The topological polar surface area (TPSA) is 30.2 Å². The molecule has 0 saturated heterocycles. The monoisotopic (exact) mass is 452 g/mol. The molecule has 1 aliphatic carbocycles. The van der Waals surface area contributed by atoms with Crippen LogP contribution in [0.4, 0.5) is 4.39 Å². The number of benzene rings is 1. The predicted octanol–water partition coefficient (Wildman–Crippen LogP) is 9.10. The minimum Gasteiger partial charge on any atom is -0.453 e. The zero-order valence-corrected chi connectivity index (χ0v) is 21.4. The fraction of sp³-hybridized carbons (Fsp3) is 0.500. The van der Waals surface area contributed by atoms with Crippen LogP contribution in [-0.2, 0) is 11.8 Å². The number of unbranched alkanes of at least 4 members (excludes halogenated alkanes) is 5. The first-order valence-electron chi connectivity index (χ1n) is 12.3. The first-order valence-corrected chi connectivity index (χ1v) is 12.3. The van der Waals surface area contributed by atoms with Crippen molar-refractivity contribution >= 4 is 11.4 Å². The summed E-state index contributed by atoms with van der Waals surface area (Å²) < 4.78 is 19.2. The quantitative estimate of drug-likeness (QED) is 0.227. The predicted molar refractivity (Wildman–Crippen MR) is 137 cm³/mol. The maximum atomic E-state index is 13.3. The van der Waals surface area contributed by atoms with Crippen LogP contribution in [0.3, 0.4) is 0 Å². The molecule has 0 saturated carbocycles. The molecule has 1 unspecified atom stereocenters. The van der Waals surface area contributed by atoms with Crippen molar-refractivity contribution < 1.29 is 13.6 Å². The van der Waals surface area contributed by atoms with Crippen LogP contribution in [0.15, 0.2) is 53.5 Å². The normalized spacial score (nSPS) is 17.5. The molecule has 1 atom stereocenters. The Labute approximate surface area is 200 Å². The lowest BCUT2D eigenvalue weighted by atomic mass is 9.68. The van der Waals surface area contributed by atoms with Gasteiger partial charge in [-0.3, -0.25) is 4.79 Å². The molecule has 0 N–H and O–H groups in total. The summed E-state index contributed by atoms with van der Waals surface area (Å²) in [6.07, 6.45) is 12.7. The van der Waals surface area contributed by atoms with Gasteiger partial charge in [-0.15, -0.1) is 0 Å². The van der Waals surface area contributed by atoms with Crippen molar-refractivity contribution in [3.63, 3.8) is 0 Å². The van der Waals surface area contributed by atoms with Gasteiger partial charge in [0.25, 0.3) is 0 Å². The molecule has 3 rings (SSSR count). The van der Waals surface area contributed by atoms with Gasteiger partial charge in [-0.25, -0.2) is 4.39 Å². The van der Waals surface area contributed by atoms with E-state index in [0.717, 1.165) is 22.5 Å². The lowest BCUT2D eigenvalue weighted by Gasteiger charge is -2.35. The number of rotatable bonds is 8. The number of halogens is 1. The molecule has 2 aromatic rings. The molecule has 1 aliphatic rings. The van der Waals surface area contributed by atoms with Crippen molar-refractivity contribution in [3.05, 3.63) is 77.5 Å². The Morgan fingerprint density at radius 2 is 1.67 bits per heavy atom. The second-order valence-electron chi connectivity index (χ2n) is 10.4. The summed E-state index contributed by atoms with van der Waals surface area (Å²) in [6, 6.07) is 8.45. The highest BCUT2D eigenvalue weighted by Crippen LogP contribution is 2.46. The van der Waals surface area contributed by atoms with E-state index in [1.54, 1.807) is 0 Å². The highest BCUT2D eigenvalue weighted by atomic mass is 19.1. The van der Waals surface area contributed by atoms with E-state index < -0.39 is 0 Å². The van der Waals surface area contributed by atoms with E-state index in [4.69, 9.17) is 4.42 Å². The van der Waals surface area contributed by atoms with E-state index in [1.807, 2.05) is 18.2 Å². The number of fused-ring (bicyclic) bond motifs is 1. The van der Waals surface area contributed by atoms with Gasteiger partial charge >= 0.3 is 0 Å². The second kappa shape index (κ2) is 11.6. The minimum absolute atomic E-state index is 0.150. The number of hydrogen-bond acceptors (Lipinski definition) is 2. The minimum atomic E-state index is -0.290. The van der Waals surface area contributed by atoms with Crippen LogP contribution in [-0.4, -0.2) is 5.78 Å². The summed E-state index contributed by atoms with van der Waals surface area (Å²) in [7, 11) is 0. The van der Waals surface area contributed by atoms with Gasteiger partial charge in [0.2, 0.25) is 5.78 Å². The van der Waals surface area contributed by atoms with Crippen LogP contribution in [0.25, 0.3) is 5.57 Å². The highest BCUT2D eigenvalue weighted by Gasteiger charge is 2.37. The third-order valence-electron chi connectivity index (χ3n) is 6.27. The van der Waals surface area contributed by atoms with E-state index in [2.05, 4.69) is 54.2 Å². The Morgan fingerprint density at radius 3 is 2.15 bits per heavy atom. The third kappa shape index (κ3) is 7.03. The van der Waals surface area contributed by atoms with Gasteiger partial charge in [-0.2, -0.15) is 0 Å². The summed E-state index contributed by atoms with van der Waals surface area (Å²) in [5.41, 5.74) is 2.66. The molecule has 180 valence electrons. The first kappa shape index (κ1) is 26.8. The van der Waals surface area contributed by atoms with Gasteiger partial charge in [0.05, 0.1) is 0 Å². The molecule has 1 aromatic heterocycles. The number of hydrogen-bond donors (Lipinski definition) is 0. The average molecular weight is 453 g/mol. The van der Waals surface area contributed by atoms with E-state index >= 15 is 0 Å². The maximum Gasteiger partial charge on any atom is 0.220 e. The highest BCUT2D eigenvalue weighted by molar-refractivity contribution is 6.02. The van der Waals surface area contributed by atoms with Crippen molar-refractivity contribution in [1.29, 1.82) is 0 Å². The lowest BCUT2D eigenvalue weighted by molar-refractivity contribution is 0.102. The molecule has 3 heteroatoms. The summed E-state index contributed by atoms with van der Waals surface area (Å²) >= 11 is 0. The van der Waals surface area contributed by atoms with E-state index in [-0.39, 0.29) is 22.4 Å². The van der Waals surface area contributed by atoms with Crippen LogP contribution in [0, 0.1) is 11.2 Å². The van der Waals surface area contributed by atoms with Gasteiger partial charge in [-0.05, 0) is 47.2 Å². The molecule has 33 heavy (non-hydrogen) atoms. The first-order chi connectivity index (χ1) is 15.6. The number of allylic oxidation sites excluding steroid dienone is 3. The Hall–Kier alpha value is -2.42. The molecule has 0 aliphatic heterocycles. The zero-order valence-electron chi connectivity index (χ0n) is 21.4. The van der Waals surface area contributed by atoms with Crippen molar-refractivity contribution in [3.8, 4) is 0 Å². The Morgan fingerprint density at radius 1 is 1.09 bits per heavy atom. The molecule has 0 amide bonds. The van der Waals surface area contributed by atoms with Crippen LogP contribution in [0.2, 0.25) is 0 Å². The smallest absolute Gasteiger partial charge is 0.220 e. The molecule has 0 spiro atoms. The fourth-order valence-electron chi connectivity index (χ4n) is 4.27. The average Bonchev–Trinajstić information content (AvgIpc) is 3.19. The number of furan rings is 1. The summed E-state index contributed by atoms with van der Waals surface area (Å²) in [5, 5.41) is 0. The van der Waals surface area contributed by atoms with Gasteiger partial charge in [-0.1, -0.05) is 105 Å². The fourth-order valence-corrected chi connectivity index (χ4v) is 4.27. The van der Waals surface area contributed by atoms with E-state index in [9.17, 15) is 9.18 Å². The van der Waals surface area contributed by atoms with Gasteiger partial charge in [0.15, 0.2) is 5.76 Å². The van der Waals surface area contributed by atoms with E-state index in [0.29, 0.717) is 12.2 Å². The largest absolute Gasteiger partial charge is 0.453 e. The number of carbonyl (C=O) groups is 1. The summed E-state index contributed by atoms with van der Waals surface area (Å²) in [4.78, 5) is 12.0. The van der Waals surface area contributed by atoms with Crippen LogP contribution in [0.1, 0.15) is 108 Å². The number of carbonyl (C=O) groups excluding carboxylic acids is 1. The molecule has 0 fully saturated rings. The molecule has 0 bridgehead atoms. The standard InChI is InChI=1S/C22H23FO2.C8H18/c1-6-18(24)19-11-14-12-22(5,15-7-9-16(23)10-8-15)13-17(20(14)25-19)21(2,3)4;1-3-5-7-8-6-4-2/h6-11,13H,1,12H2,2-5H3;3-8H2,1-2H3.